The highest BCUT2D eigenvalue weighted by Crippen LogP contribution is 2.39. The van der Waals surface area contributed by atoms with Crippen molar-refractivity contribution in [1.82, 2.24) is 0 Å². The number of carbonyl (C=O) groups excluding carboxylic acids is 4. The van der Waals surface area contributed by atoms with Crippen molar-refractivity contribution >= 4 is 23.9 Å². The van der Waals surface area contributed by atoms with Crippen LogP contribution in [0.3, 0.4) is 0 Å². The Balaban J connectivity index is 1.75. The fraction of sp³-hybridized carbons (Fsp3) is 0.364. The average molecular weight is 769 g/mol. The second-order valence-electron chi connectivity index (χ2n) is 13.8. The summed E-state index contributed by atoms with van der Waals surface area (Å²) in [5, 5.41) is 47.2. The Morgan fingerprint density at radius 1 is 0.375 bits per heavy atom. The normalized spacial score (nSPS) is 12.1. The SMILES string of the molecule is CCC(=O)OCc1cc2c(O)c(c1)Cc1cc(COC(=O)CC)cc(c1O)Cc1cc(COC(=O)CC)cc(c1O)Cc1cc(COC(=O)CC)cc(c1O)C2. The van der Waals surface area contributed by atoms with Gasteiger partial charge in [0.25, 0.3) is 0 Å². The summed E-state index contributed by atoms with van der Waals surface area (Å²) in [6.07, 6.45) is 0.651. The molecule has 4 aromatic carbocycles. The van der Waals surface area contributed by atoms with Crippen molar-refractivity contribution in [2.24, 2.45) is 0 Å². The molecule has 4 aromatic rings. The summed E-state index contributed by atoms with van der Waals surface area (Å²) in [4.78, 5) is 48.6. The molecule has 56 heavy (non-hydrogen) atoms. The summed E-state index contributed by atoms with van der Waals surface area (Å²) in [6, 6.07) is 13.4. The van der Waals surface area contributed by atoms with E-state index >= 15 is 0 Å². The molecule has 0 radical (unpaired) electrons. The van der Waals surface area contributed by atoms with Gasteiger partial charge in [-0.3, -0.25) is 19.2 Å². The number of phenols is 4. The number of esters is 4. The highest BCUT2D eigenvalue weighted by atomic mass is 16.5. The smallest absolute Gasteiger partial charge is 0.305 e. The van der Waals surface area contributed by atoms with Crippen molar-refractivity contribution in [3.05, 3.63) is 115 Å². The van der Waals surface area contributed by atoms with E-state index in [4.69, 9.17) is 18.9 Å². The quantitative estimate of drug-likeness (QED) is 0.0754. The van der Waals surface area contributed by atoms with Crippen LogP contribution in [0.5, 0.6) is 23.0 Å². The van der Waals surface area contributed by atoms with Gasteiger partial charge in [-0.2, -0.15) is 0 Å². The summed E-state index contributed by atoms with van der Waals surface area (Å²) in [5.74, 6) is -2.09. The van der Waals surface area contributed by atoms with Crippen molar-refractivity contribution in [3.8, 4) is 23.0 Å². The fourth-order valence-corrected chi connectivity index (χ4v) is 6.62. The van der Waals surface area contributed by atoms with Gasteiger partial charge >= 0.3 is 23.9 Å². The molecule has 12 nitrogen and oxygen atoms in total. The molecular formula is C44H48O12. The number of benzene rings is 4. The van der Waals surface area contributed by atoms with Gasteiger partial charge in [0.15, 0.2) is 0 Å². The van der Waals surface area contributed by atoms with E-state index < -0.39 is 23.9 Å². The summed E-state index contributed by atoms with van der Waals surface area (Å²) < 4.78 is 21.8. The Labute approximate surface area is 325 Å². The molecule has 0 unspecified atom stereocenters. The van der Waals surface area contributed by atoms with Gasteiger partial charge in [-0.25, -0.2) is 0 Å². The molecule has 1 aliphatic carbocycles. The predicted molar refractivity (Wildman–Crippen MR) is 204 cm³/mol. The van der Waals surface area contributed by atoms with Gasteiger partial charge in [-0.15, -0.1) is 0 Å². The van der Waals surface area contributed by atoms with E-state index in [1.165, 1.54) is 0 Å². The first-order chi connectivity index (χ1) is 26.8. The molecule has 0 saturated heterocycles. The molecule has 0 aromatic heterocycles. The molecular weight excluding hydrogens is 720 g/mol. The lowest BCUT2D eigenvalue weighted by atomic mass is 9.88. The van der Waals surface area contributed by atoms with Gasteiger partial charge in [0.05, 0.1) is 0 Å². The molecule has 296 valence electrons. The first-order valence-corrected chi connectivity index (χ1v) is 18.8. The fourth-order valence-electron chi connectivity index (χ4n) is 6.62. The maximum atomic E-state index is 12.2. The molecule has 4 N–H and O–H groups in total. The van der Waals surface area contributed by atoms with E-state index in [9.17, 15) is 39.6 Å². The van der Waals surface area contributed by atoms with Gasteiger partial charge in [0.1, 0.15) is 49.4 Å². The number of aromatic hydroxyl groups is 4. The number of hydrogen-bond donors (Lipinski definition) is 4. The van der Waals surface area contributed by atoms with Crippen LogP contribution in [-0.4, -0.2) is 44.3 Å². The number of carbonyl (C=O) groups is 4. The van der Waals surface area contributed by atoms with Gasteiger partial charge in [-0.1, -0.05) is 27.7 Å². The standard InChI is InChI=1S/C44H48O12/c1-5-37(45)53-21-25-9-29-17-31-11-26(22-54-38(46)6-2)13-33(42(31)50)19-35-15-28(24-56-40(48)8-4)16-36(44(35)52)20-34-14-27(23-55-39(47)7-3)12-32(43(34)51)18-30(10-25)41(29)49/h9-16,49-52H,5-8,17-24H2,1-4H3. The van der Waals surface area contributed by atoms with Gasteiger partial charge in [-0.05, 0) is 115 Å². The number of rotatable bonds is 12. The largest absolute Gasteiger partial charge is 0.507 e. The molecule has 0 aliphatic heterocycles. The molecule has 5 rings (SSSR count). The van der Waals surface area contributed by atoms with Crippen molar-refractivity contribution in [2.75, 3.05) is 0 Å². The molecule has 0 amide bonds. The van der Waals surface area contributed by atoms with E-state index in [-0.39, 0.29) is 101 Å². The van der Waals surface area contributed by atoms with Crippen LogP contribution >= 0.6 is 0 Å². The maximum absolute atomic E-state index is 12.2. The van der Waals surface area contributed by atoms with Crippen LogP contribution in [0.1, 0.15) is 120 Å². The topological polar surface area (TPSA) is 186 Å². The van der Waals surface area contributed by atoms with Crippen LogP contribution < -0.4 is 0 Å². The lowest BCUT2D eigenvalue weighted by Crippen LogP contribution is -2.08. The number of hydrogen-bond acceptors (Lipinski definition) is 12. The summed E-state index contributed by atoms with van der Waals surface area (Å²) in [6.45, 7) is 6.35. The molecule has 1 aliphatic rings. The van der Waals surface area contributed by atoms with E-state index in [0.717, 1.165) is 0 Å². The maximum Gasteiger partial charge on any atom is 0.305 e. The zero-order valence-corrected chi connectivity index (χ0v) is 32.2. The molecule has 8 bridgehead atoms. The van der Waals surface area contributed by atoms with Crippen molar-refractivity contribution in [1.29, 1.82) is 0 Å². The van der Waals surface area contributed by atoms with Crippen LogP contribution in [0.2, 0.25) is 0 Å². The third-order valence-corrected chi connectivity index (χ3v) is 9.59. The van der Waals surface area contributed by atoms with Gasteiger partial charge in [0, 0.05) is 51.4 Å². The molecule has 12 heteroatoms. The Kier molecular flexibility index (Phi) is 13.6. The predicted octanol–water partition coefficient (Wildman–Crippen LogP) is 7.00. The van der Waals surface area contributed by atoms with E-state index in [2.05, 4.69) is 0 Å². The first-order valence-electron chi connectivity index (χ1n) is 18.8. The van der Waals surface area contributed by atoms with Crippen molar-refractivity contribution in [3.63, 3.8) is 0 Å². The molecule has 0 spiro atoms. The van der Waals surface area contributed by atoms with E-state index in [1.54, 1.807) is 76.2 Å². The second kappa shape index (κ2) is 18.5. The Bertz CT molecular complexity index is 1740. The highest BCUT2D eigenvalue weighted by Gasteiger charge is 2.23. The third kappa shape index (κ3) is 10.2. The third-order valence-electron chi connectivity index (χ3n) is 9.59. The van der Waals surface area contributed by atoms with Crippen LogP contribution in [0, 0.1) is 0 Å². The Hall–Kier alpha value is -6.04. The minimum atomic E-state index is -0.415. The Morgan fingerprint density at radius 2 is 0.536 bits per heavy atom. The number of phenolic OH excluding ortho intramolecular Hbond substituents is 4. The first kappa shape index (κ1) is 41.1. The minimum Gasteiger partial charge on any atom is -0.507 e. The number of ether oxygens (including phenoxy) is 4. The summed E-state index contributed by atoms with van der Waals surface area (Å²) in [5.41, 5.74) is 5.35. The molecule has 0 atom stereocenters. The van der Waals surface area contributed by atoms with Crippen LogP contribution in [0.4, 0.5) is 0 Å². The molecule has 0 fully saturated rings. The monoisotopic (exact) mass is 768 g/mol. The van der Waals surface area contributed by atoms with Crippen LogP contribution in [-0.2, 0) is 90.2 Å². The van der Waals surface area contributed by atoms with Gasteiger partial charge in [0.2, 0.25) is 0 Å². The zero-order chi connectivity index (χ0) is 40.5. The molecule has 0 heterocycles. The lowest BCUT2D eigenvalue weighted by Gasteiger charge is -2.20. The summed E-state index contributed by atoms with van der Waals surface area (Å²) >= 11 is 0. The average Bonchev–Trinajstić information content (AvgIpc) is 3.19. The Morgan fingerprint density at radius 3 is 0.679 bits per heavy atom. The second-order valence-corrected chi connectivity index (χ2v) is 13.8. The van der Waals surface area contributed by atoms with Crippen molar-refractivity contribution < 1.29 is 58.6 Å². The van der Waals surface area contributed by atoms with E-state index in [0.29, 0.717) is 66.8 Å². The molecule has 0 saturated carbocycles. The van der Waals surface area contributed by atoms with Crippen LogP contribution in [0.25, 0.3) is 0 Å². The van der Waals surface area contributed by atoms with Gasteiger partial charge < -0.3 is 39.4 Å². The number of fused-ring (bicyclic) bond motifs is 8. The highest BCUT2D eigenvalue weighted by molar-refractivity contribution is 5.70. The lowest BCUT2D eigenvalue weighted by molar-refractivity contribution is -0.145. The zero-order valence-electron chi connectivity index (χ0n) is 32.2. The summed E-state index contributed by atoms with van der Waals surface area (Å²) in [7, 11) is 0. The minimum absolute atomic E-state index is 0.00270. The van der Waals surface area contributed by atoms with E-state index in [1.807, 2.05) is 0 Å². The van der Waals surface area contributed by atoms with Crippen molar-refractivity contribution in [2.45, 2.75) is 105 Å². The van der Waals surface area contributed by atoms with Crippen LogP contribution in [0.15, 0.2) is 48.5 Å².